The molecule has 0 aliphatic carbocycles. The van der Waals surface area contributed by atoms with E-state index in [9.17, 15) is 0 Å². The van der Waals surface area contributed by atoms with Crippen LogP contribution in [0.5, 0.6) is 5.75 Å². The van der Waals surface area contributed by atoms with Crippen LogP contribution in [-0.2, 0) is 5.41 Å². The Morgan fingerprint density at radius 2 is 1.90 bits per heavy atom. The molecule has 0 bridgehead atoms. The monoisotopic (exact) mass is 273 g/mol. The van der Waals surface area contributed by atoms with Crippen molar-refractivity contribution >= 4 is 0 Å². The molecule has 0 saturated carbocycles. The molecule has 3 heteroatoms. The Kier molecular flexibility index (Phi) is 4.19. The summed E-state index contributed by atoms with van der Waals surface area (Å²) in [6.45, 7) is 8.46. The molecule has 2 atom stereocenters. The lowest BCUT2D eigenvalue weighted by molar-refractivity contribution is 0.153. The first-order chi connectivity index (χ1) is 9.38. The van der Waals surface area contributed by atoms with Gasteiger partial charge in [0, 0.05) is 6.04 Å². The average molecular weight is 273 g/mol. The van der Waals surface area contributed by atoms with Gasteiger partial charge >= 0.3 is 0 Å². The van der Waals surface area contributed by atoms with E-state index in [1.54, 1.807) is 6.26 Å². The standard InChI is InChI=1S/C17H23NO2/c1-12(18)16(15-9-6-10-19-15)20-14-8-5-7-13(11-14)17(2,3)4/h5-12,16H,18H2,1-4H3. The van der Waals surface area contributed by atoms with E-state index in [1.165, 1.54) is 5.56 Å². The lowest BCUT2D eigenvalue weighted by Gasteiger charge is -2.23. The number of nitrogens with two attached hydrogens (primary N) is 1. The van der Waals surface area contributed by atoms with Crippen LogP contribution in [0.3, 0.4) is 0 Å². The van der Waals surface area contributed by atoms with Gasteiger partial charge in [-0.2, -0.15) is 0 Å². The summed E-state index contributed by atoms with van der Waals surface area (Å²) in [5.41, 5.74) is 7.34. The van der Waals surface area contributed by atoms with Gasteiger partial charge in [-0.3, -0.25) is 0 Å². The largest absolute Gasteiger partial charge is 0.481 e. The van der Waals surface area contributed by atoms with Crippen molar-refractivity contribution in [1.82, 2.24) is 0 Å². The molecule has 2 N–H and O–H groups in total. The Hall–Kier alpha value is -1.74. The minimum absolute atomic E-state index is 0.0912. The second kappa shape index (κ2) is 5.71. The Balaban J connectivity index is 2.24. The second-order valence-corrected chi connectivity index (χ2v) is 6.19. The SMILES string of the molecule is CC(N)C(Oc1cccc(C(C)(C)C)c1)c1ccco1. The van der Waals surface area contributed by atoms with Gasteiger partial charge in [0.1, 0.15) is 11.5 Å². The zero-order valence-electron chi connectivity index (χ0n) is 12.6. The Morgan fingerprint density at radius 1 is 1.15 bits per heavy atom. The quantitative estimate of drug-likeness (QED) is 0.914. The Labute approximate surface area is 120 Å². The topological polar surface area (TPSA) is 48.4 Å². The summed E-state index contributed by atoms with van der Waals surface area (Å²) in [5, 5.41) is 0. The fraction of sp³-hybridized carbons (Fsp3) is 0.412. The summed E-state index contributed by atoms with van der Waals surface area (Å²) < 4.78 is 11.5. The Morgan fingerprint density at radius 3 is 2.45 bits per heavy atom. The van der Waals surface area contributed by atoms with E-state index < -0.39 is 0 Å². The van der Waals surface area contributed by atoms with Crippen molar-refractivity contribution in [3.8, 4) is 5.75 Å². The van der Waals surface area contributed by atoms with E-state index in [1.807, 2.05) is 31.2 Å². The van der Waals surface area contributed by atoms with Crippen molar-refractivity contribution in [3.63, 3.8) is 0 Å². The smallest absolute Gasteiger partial charge is 0.171 e. The molecule has 0 amide bonds. The molecule has 2 aromatic rings. The molecule has 1 aromatic heterocycles. The second-order valence-electron chi connectivity index (χ2n) is 6.19. The first kappa shape index (κ1) is 14.7. The molecule has 1 heterocycles. The molecule has 0 spiro atoms. The van der Waals surface area contributed by atoms with Crippen molar-refractivity contribution in [2.24, 2.45) is 5.73 Å². The molecule has 0 aliphatic rings. The normalized spacial score (nSPS) is 14.8. The van der Waals surface area contributed by atoms with Crippen LogP contribution >= 0.6 is 0 Å². The fourth-order valence-corrected chi connectivity index (χ4v) is 2.06. The van der Waals surface area contributed by atoms with Gasteiger partial charge in [-0.25, -0.2) is 0 Å². The van der Waals surface area contributed by atoms with Crippen LogP contribution in [0.2, 0.25) is 0 Å². The van der Waals surface area contributed by atoms with Crippen LogP contribution in [0.1, 0.15) is 45.1 Å². The summed E-state index contributed by atoms with van der Waals surface area (Å²) >= 11 is 0. The number of hydrogen-bond acceptors (Lipinski definition) is 3. The molecular weight excluding hydrogens is 250 g/mol. The predicted molar refractivity (Wildman–Crippen MR) is 80.9 cm³/mol. The van der Waals surface area contributed by atoms with Crippen LogP contribution in [-0.4, -0.2) is 6.04 Å². The summed E-state index contributed by atoms with van der Waals surface area (Å²) in [7, 11) is 0. The van der Waals surface area contributed by atoms with Gasteiger partial charge in [0.2, 0.25) is 0 Å². The van der Waals surface area contributed by atoms with Crippen molar-refractivity contribution in [2.45, 2.75) is 45.3 Å². The molecule has 0 saturated heterocycles. The molecule has 2 unspecified atom stereocenters. The molecule has 3 nitrogen and oxygen atoms in total. The predicted octanol–water partition coefficient (Wildman–Crippen LogP) is 4.04. The number of ether oxygens (including phenoxy) is 1. The highest BCUT2D eigenvalue weighted by atomic mass is 16.5. The maximum absolute atomic E-state index is 6.04. The van der Waals surface area contributed by atoms with Gasteiger partial charge in [-0.15, -0.1) is 0 Å². The van der Waals surface area contributed by atoms with Crippen LogP contribution in [0.25, 0.3) is 0 Å². The third-order valence-corrected chi connectivity index (χ3v) is 3.26. The van der Waals surface area contributed by atoms with E-state index in [4.69, 9.17) is 14.9 Å². The van der Waals surface area contributed by atoms with Crippen LogP contribution in [0.15, 0.2) is 47.1 Å². The van der Waals surface area contributed by atoms with E-state index in [-0.39, 0.29) is 17.6 Å². The zero-order valence-corrected chi connectivity index (χ0v) is 12.6. The molecule has 108 valence electrons. The third kappa shape index (κ3) is 3.42. The van der Waals surface area contributed by atoms with Crippen LogP contribution < -0.4 is 10.5 Å². The molecular formula is C17H23NO2. The zero-order chi connectivity index (χ0) is 14.8. The summed E-state index contributed by atoms with van der Waals surface area (Å²) in [5.74, 6) is 1.57. The number of benzene rings is 1. The lowest BCUT2D eigenvalue weighted by atomic mass is 9.87. The van der Waals surface area contributed by atoms with E-state index in [0.29, 0.717) is 0 Å². The molecule has 1 aromatic carbocycles. The molecule has 2 rings (SSSR count). The molecule has 0 aliphatic heterocycles. The van der Waals surface area contributed by atoms with Crippen LogP contribution in [0.4, 0.5) is 0 Å². The average Bonchev–Trinajstić information content (AvgIpc) is 2.88. The van der Waals surface area contributed by atoms with Gasteiger partial charge in [-0.05, 0) is 42.2 Å². The van der Waals surface area contributed by atoms with Gasteiger partial charge < -0.3 is 14.9 Å². The highest BCUT2D eigenvalue weighted by molar-refractivity contribution is 5.33. The summed E-state index contributed by atoms with van der Waals surface area (Å²) in [6, 6.07) is 11.7. The van der Waals surface area contributed by atoms with E-state index >= 15 is 0 Å². The maximum Gasteiger partial charge on any atom is 0.171 e. The van der Waals surface area contributed by atoms with Crippen molar-refractivity contribution in [1.29, 1.82) is 0 Å². The first-order valence-electron chi connectivity index (χ1n) is 6.94. The lowest BCUT2D eigenvalue weighted by Crippen LogP contribution is -2.28. The highest BCUT2D eigenvalue weighted by Gasteiger charge is 2.22. The molecule has 20 heavy (non-hydrogen) atoms. The van der Waals surface area contributed by atoms with Crippen molar-refractivity contribution in [2.75, 3.05) is 0 Å². The van der Waals surface area contributed by atoms with E-state index in [2.05, 4.69) is 32.9 Å². The number of furan rings is 1. The number of hydrogen-bond donors (Lipinski definition) is 1. The van der Waals surface area contributed by atoms with Crippen molar-refractivity contribution in [3.05, 3.63) is 54.0 Å². The highest BCUT2D eigenvalue weighted by Crippen LogP contribution is 2.29. The number of rotatable bonds is 4. The molecule has 0 radical (unpaired) electrons. The van der Waals surface area contributed by atoms with Crippen molar-refractivity contribution < 1.29 is 9.15 Å². The summed E-state index contributed by atoms with van der Waals surface area (Å²) in [4.78, 5) is 0. The van der Waals surface area contributed by atoms with Gasteiger partial charge in [0.25, 0.3) is 0 Å². The fourth-order valence-electron chi connectivity index (χ4n) is 2.06. The van der Waals surface area contributed by atoms with Crippen LogP contribution in [0, 0.1) is 0 Å². The minimum Gasteiger partial charge on any atom is -0.481 e. The Bertz CT molecular complexity index is 538. The first-order valence-corrected chi connectivity index (χ1v) is 6.94. The molecule has 0 fully saturated rings. The van der Waals surface area contributed by atoms with Gasteiger partial charge in [0.15, 0.2) is 6.10 Å². The van der Waals surface area contributed by atoms with E-state index in [0.717, 1.165) is 11.5 Å². The summed E-state index contributed by atoms with van der Waals surface area (Å²) in [6.07, 6.45) is 1.36. The minimum atomic E-state index is -0.278. The third-order valence-electron chi connectivity index (χ3n) is 3.26. The van der Waals surface area contributed by atoms with Gasteiger partial charge in [0.05, 0.1) is 6.26 Å². The maximum atomic E-state index is 6.04. The van der Waals surface area contributed by atoms with Gasteiger partial charge in [-0.1, -0.05) is 32.9 Å².